The molecule has 2 N–H and O–H groups in total. The Morgan fingerprint density at radius 3 is 1.75 bits per heavy atom. The number of halogens is 1. The predicted molar refractivity (Wildman–Crippen MR) is 278 cm³/mol. The quantitative estimate of drug-likeness (QED) is 0.173. The van der Waals surface area contributed by atoms with Crippen LogP contribution in [0.3, 0.4) is 0 Å². The minimum Gasteiger partial charge on any atom is -0.404 e. The van der Waals surface area contributed by atoms with Gasteiger partial charge >= 0.3 is 0 Å². The topological polar surface area (TPSA) is 48.8 Å². The Hall–Kier alpha value is -7.99. The van der Waals surface area contributed by atoms with E-state index in [0.29, 0.717) is 0 Å². The summed E-state index contributed by atoms with van der Waals surface area (Å²) in [6.45, 7) is 0. The monoisotopic (exact) mass is 896 g/mol. The average Bonchev–Trinajstić information content (AvgIpc) is 3.87. The van der Waals surface area contributed by atoms with E-state index in [1.165, 1.54) is 49.3 Å². The molecule has 0 unspecified atom stereocenters. The van der Waals surface area contributed by atoms with E-state index in [4.69, 9.17) is 5.73 Å². The van der Waals surface area contributed by atoms with Crippen LogP contribution >= 0.6 is 15.9 Å². The predicted octanol–water partition coefficient (Wildman–Crippen LogP) is 15.9. The molecule has 0 aliphatic heterocycles. The lowest BCUT2D eigenvalue weighted by molar-refractivity contribution is 1.18. The number of para-hydroxylation sites is 2. The zero-order valence-electron chi connectivity index (χ0n) is 35.4. The van der Waals surface area contributed by atoms with Gasteiger partial charge in [0, 0.05) is 55.2 Å². The Bertz CT molecular complexity index is 3810. The van der Waals surface area contributed by atoms with Crippen molar-refractivity contribution in [1.82, 2.24) is 14.1 Å². The van der Waals surface area contributed by atoms with Gasteiger partial charge < -0.3 is 14.9 Å². The molecule has 12 rings (SSSR count). The Labute approximate surface area is 385 Å². The van der Waals surface area contributed by atoms with Gasteiger partial charge in [-0.05, 0) is 160 Å². The molecule has 0 spiro atoms. The first-order chi connectivity index (χ1) is 32.1. The number of benzene rings is 8. The molecule has 3 aromatic heterocycles. The third kappa shape index (κ3) is 6.89. The van der Waals surface area contributed by atoms with Gasteiger partial charge in [0.05, 0.1) is 27.6 Å². The van der Waals surface area contributed by atoms with Crippen molar-refractivity contribution in [2.45, 2.75) is 6.42 Å². The Morgan fingerprint density at radius 2 is 1.11 bits per heavy atom. The van der Waals surface area contributed by atoms with Crippen LogP contribution in [-0.2, 0) is 0 Å². The van der Waals surface area contributed by atoms with E-state index in [2.05, 4.69) is 236 Å². The number of nitrogens with two attached hydrogens (primary N) is 1. The van der Waals surface area contributed by atoms with E-state index in [1.54, 1.807) is 6.20 Å². The van der Waals surface area contributed by atoms with Crippen molar-refractivity contribution in [3.05, 3.63) is 240 Å². The molecule has 1 aliphatic rings. The molecule has 5 heteroatoms. The molecule has 0 radical (unpaired) electrons. The summed E-state index contributed by atoms with van der Waals surface area (Å²) in [6, 6.07) is 66.1. The summed E-state index contributed by atoms with van der Waals surface area (Å²) in [5, 5.41) is 5.94. The normalized spacial score (nSPS) is 13.6. The van der Waals surface area contributed by atoms with E-state index in [1.807, 2.05) is 12.3 Å². The first kappa shape index (κ1) is 38.7. The van der Waals surface area contributed by atoms with Crippen molar-refractivity contribution in [1.29, 1.82) is 0 Å². The highest BCUT2D eigenvalue weighted by molar-refractivity contribution is 9.10. The number of fused-ring (bicyclic) bond motifs is 7. The fourth-order valence-corrected chi connectivity index (χ4v) is 10.2. The van der Waals surface area contributed by atoms with E-state index in [0.717, 1.165) is 77.6 Å². The van der Waals surface area contributed by atoms with Gasteiger partial charge in [-0.3, -0.25) is 4.98 Å². The van der Waals surface area contributed by atoms with E-state index < -0.39 is 0 Å². The highest BCUT2D eigenvalue weighted by Crippen LogP contribution is 2.41. The van der Waals surface area contributed by atoms with Crippen LogP contribution in [0.15, 0.2) is 235 Å². The molecule has 4 nitrogen and oxygen atoms in total. The summed E-state index contributed by atoms with van der Waals surface area (Å²) in [5.74, 6) is 0. The van der Waals surface area contributed by atoms with Crippen molar-refractivity contribution in [3.8, 4) is 44.8 Å². The number of hydrogen-bond donors (Lipinski definition) is 1. The lowest BCUT2D eigenvalue weighted by Gasteiger charge is -2.11. The maximum absolute atomic E-state index is 6.30. The van der Waals surface area contributed by atoms with Crippen LogP contribution in [0, 0.1) is 0 Å². The molecule has 1 aliphatic carbocycles. The van der Waals surface area contributed by atoms with Crippen molar-refractivity contribution in [2.24, 2.45) is 5.73 Å². The smallest absolute Gasteiger partial charge is 0.0702 e. The minimum absolute atomic E-state index is 0.889. The van der Waals surface area contributed by atoms with Crippen LogP contribution < -0.4 is 5.73 Å². The van der Waals surface area contributed by atoms with Crippen LogP contribution in [0.2, 0.25) is 0 Å². The number of allylic oxidation sites excluding steroid dienone is 7. The van der Waals surface area contributed by atoms with Crippen LogP contribution in [-0.4, -0.2) is 14.1 Å². The molecule has 0 bridgehead atoms. The largest absolute Gasteiger partial charge is 0.404 e. The fourth-order valence-electron chi connectivity index (χ4n) is 9.71. The highest BCUT2D eigenvalue weighted by Gasteiger charge is 2.18. The number of hydrogen-bond acceptors (Lipinski definition) is 2. The summed E-state index contributed by atoms with van der Waals surface area (Å²) in [6.07, 6.45) is 15.1. The van der Waals surface area contributed by atoms with E-state index >= 15 is 0 Å². The second-order valence-electron chi connectivity index (χ2n) is 16.7. The molecule has 65 heavy (non-hydrogen) atoms. The molecule has 0 amide bonds. The van der Waals surface area contributed by atoms with Gasteiger partial charge in [-0.2, -0.15) is 0 Å². The summed E-state index contributed by atoms with van der Waals surface area (Å²) in [5.41, 5.74) is 24.4. The summed E-state index contributed by atoms with van der Waals surface area (Å²) in [4.78, 5) is 4.55. The van der Waals surface area contributed by atoms with Crippen LogP contribution in [0.5, 0.6) is 0 Å². The van der Waals surface area contributed by atoms with Gasteiger partial charge in [-0.25, -0.2) is 0 Å². The van der Waals surface area contributed by atoms with Crippen molar-refractivity contribution >= 4 is 76.0 Å². The Morgan fingerprint density at radius 1 is 0.508 bits per heavy atom. The summed E-state index contributed by atoms with van der Waals surface area (Å²) >= 11 is 3.92. The van der Waals surface area contributed by atoms with Gasteiger partial charge in [0.15, 0.2) is 0 Å². The molecule has 3 heterocycles. The molecular weight excluding hydrogens is 857 g/mol. The number of rotatable bonds is 7. The molecule has 11 aromatic rings. The lowest BCUT2D eigenvalue weighted by Crippen LogP contribution is -1.95. The van der Waals surface area contributed by atoms with Gasteiger partial charge in [0.2, 0.25) is 0 Å². The Kier molecular flexibility index (Phi) is 9.50. The second kappa shape index (κ2) is 16.0. The minimum atomic E-state index is 0.889. The average molecular weight is 898 g/mol. The molecular formula is C60H41BrN4. The third-order valence-corrected chi connectivity index (χ3v) is 13.3. The molecule has 0 fully saturated rings. The highest BCUT2D eigenvalue weighted by atomic mass is 79.9. The number of aromatic nitrogens is 3. The van der Waals surface area contributed by atoms with Crippen LogP contribution in [0.4, 0.5) is 0 Å². The zero-order chi connectivity index (χ0) is 43.4. The summed E-state index contributed by atoms with van der Waals surface area (Å²) < 4.78 is 5.80. The third-order valence-electron chi connectivity index (χ3n) is 12.8. The molecule has 0 atom stereocenters. The van der Waals surface area contributed by atoms with Crippen molar-refractivity contribution < 1.29 is 0 Å². The van der Waals surface area contributed by atoms with Gasteiger partial charge in [-0.1, -0.05) is 125 Å². The first-order valence-corrected chi connectivity index (χ1v) is 22.8. The van der Waals surface area contributed by atoms with E-state index in [-0.39, 0.29) is 0 Å². The lowest BCUT2D eigenvalue weighted by atomic mass is 9.96. The Balaban J connectivity index is 0.972. The zero-order valence-corrected chi connectivity index (χ0v) is 37.0. The van der Waals surface area contributed by atoms with Gasteiger partial charge in [-0.15, -0.1) is 0 Å². The van der Waals surface area contributed by atoms with Crippen LogP contribution in [0.1, 0.15) is 12.0 Å². The van der Waals surface area contributed by atoms with Gasteiger partial charge in [0.1, 0.15) is 0 Å². The number of pyridine rings is 1. The number of nitrogens with zero attached hydrogens (tertiary/aromatic N) is 3. The SMILES string of the molecule is N/C=C(\C=C1\C=CC=CC1)c1ccc2c3cc(-c4cc(Br)cc(-c5ccc6c(c5)c5ccc(-c7ccc8ncccc8c7)cc5n6-c5ccccc5)c4)ccc3n(-c3ccccc3)c2c1. The summed E-state index contributed by atoms with van der Waals surface area (Å²) in [7, 11) is 0. The van der Waals surface area contributed by atoms with Crippen molar-refractivity contribution in [2.75, 3.05) is 0 Å². The van der Waals surface area contributed by atoms with Crippen LogP contribution in [0.25, 0.3) is 105 Å². The molecule has 308 valence electrons. The maximum atomic E-state index is 6.30. The van der Waals surface area contributed by atoms with Crippen molar-refractivity contribution in [3.63, 3.8) is 0 Å². The van der Waals surface area contributed by atoms with E-state index in [9.17, 15) is 0 Å². The molecule has 0 saturated carbocycles. The molecule has 0 saturated heterocycles. The fraction of sp³-hybridized carbons (Fsp3) is 0.0167. The maximum Gasteiger partial charge on any atom is 0.0702 e. The molecule has 8 aromatic carbocycles. The second-order valence-corrected chi connectivity index (χ2v) is 17.7. The standard InChI is InChI=1S/C60H41BrN4/c61-49-32-46(41-21-26-57-54(34-41)52-23-18-43(36-59(52)64(57)50-14-6-2-7-15-50)40-20-25-56-45(30-40)13-10-28-63-56)31-47(33-49)42-22-27-58-55(35-42)53-24-19-44(48(38-62)29-39-11-4-1-5-12-39)37-60(53)65(58)51-16-8-3-9-17-51/h1-11,13-38H,12,62H2/b39-29-,48-38+. The first-order valence-electron chi connectivity index (χ1n) is 22.0. The van der Waals surface area contributed by atoms with Gasteiger partial charge in [0.25, 0.3) is 0 Å².